The van der Waals surface area contributed by atoms with Crippen molar-refractivity contribution >= 4 is 5.91 Å². The fourth-order valence-corrected chi connectivity index (χ4v) is 5.70. The van der Waals surface area contributed by atoms with Crippen molar-refractivity contribution in [2.24, 2.45) is 35.5 Å². The van der Waals surface area contributed by atoms with Gasteiger partial charge in [0.15, 0.2) is 0 Å². The van der Waals surface area contributed by atoms with Gasteiger partial charge in [-0.15, -0.1) is 0 Å². The van der Waals surface area contributed by atoms with E-state index in [0.29, 0.717) is 17.7 Å². The Balaban J connectivity index is 1.72. The van der Waals surface area contributed by atoms with Crippen LogP contribution in [0.1, 0.15) is 33.1 Å². The van der Waals surface area contributed by atoms with E-state index in [4.69, 9.17) is 0 Å². The lowest BCUT2D eigenvalue weighted by molar-refractivity contribution is -0.133. The molecule has 0 aromatic rings. The number of hydrogen-bond donors (Lipinski definition) is 0. The Kier molecular flexibility index (Phi) is 2.31. The molecule has 0 radical (unpaired) electrons. The second-order valence-electron chi connectivity index (χ2n) is 7.18. The van der Waals surface area contributed by atoms with E-state index in [-0.39, 0.29) is 12.0 Å². The van der Waals surface area contributed by atoms with Crippen LogP contribution in [0.4, 0.5) is 0 Å². The van der Waals surface area contributed by atoms with Crippen LogP contribution in [0.25, 0.3) is 0 Å². The molecule has 0 spiro atoms. The van der Waals surface area contributed by atoms with Crippen molar-refractivity contribution in [2.75, 3.05) is 0 Å². The molecule has 3 fully saturated rings. The van der Waals surface area contributed by atoms with E-state index in [1.165, 1.54) is 19.3 Å². The lowest BCUT2D eigenvalue weighted by atomic mass is 9.65. The molecule has 3 aliphatic carbocycles. The minimum absolute atomic E-state index is 0.269. The Hall–Kier alpha value is -1.05. The van der Waals surface area contributed by atoms with Gasteiger partial charge in [-0.2, -0.15) is 0 Å². The average molecular weight is 257 g/mol. The highest BCUT2D eigenvalue weighted by Gasteiger charge is 2.64. The van der Waals surface area contributed by atoms with Crippen LogP contribution in [0.15, 0.2) is 24.4 Å². The van der Waals surface area contributed by atoms with Gasteiger partial charge < -0.3 is 4.90 Å². The number of fused-ring (bicyclic) bond motifs is 8. The molecule has 4 aliphatic rings. The summed E-state index contributed by atoms with van der Waals surface area (Å²) >= 11 is 0. The highest BCUT2D eigenvalue weighted by molar-refractivity contribution is 5.86. The van der Waals surface area contributed by atoms with Gasteiger partial charge in [-0.3, -0.25) is 4.79 Å². The fraction of sp³-hybridized carbons (Fsp3) is 0.706. The Morgan fingerprint density at radius 2 is 1.68 bits per heavy atom. The number of carbonyl (C=O) groups excluding carboxylic acids is 1. The Bertz CT molecular complexity index is 440. The molecule has 102 valence electrons. The van der Waals surface area contributed by atoms with E-state index in [2.05, 4.69) is 32.6 Å². The SMILES string of the molecule is C=C1C2C3CC(C4CC=CCC43)C2C(=O)N1C(C)C. The van der Waals surface area contributed by atoms with Crippen LogP contribution in [-0.4, -0.2) is 16.8 Å². The molecule has 1 heterocycles. The summed E-state index contributed by atoms with van der Waals surface area (Å²) in [6.45, 7) is 8.52. The summed E-state index contributed by atoms with van der Waals surface area (Å²) in [6.07, 6.45) is 8.42. The maximum atomic E-state index is 12.8. The van der Waals surface area contributed by atoms with Crippen molar-refractivity contribution < 1.29 is 4.79 Å². The topological polar surface area (TPSA) is 20.3 Å². The van der Waals surface area contributed by atoms with Crippen molar-refractivity contribution in [1.82, 2.24) is 4.90 Å². The minimum Gasteiger partial charge on any atom is -0.314 e. The van der Waals surface area contributed by atoms with E-state index >= 15 is 0 Å². The zero-order valence-corrected chi connectivity index (χ0v) is 11.9. The maximum absolute atomic E-state index is 12.8. The summed E-state index contributed by atoms with van der Waals surface area (Å²) in [7, 11) is 0. The standard InChI is InChI=1S/C17H23NO/c1-9(2)18-10(3)15-13-8-14(16(15)17(18)19)12-7-5-4-6-11(12)13/h4-5,9,11-16H,3,6-8H2,1-2H3. The number of amides is 1. The van der Waals surface area contributed by atoms with E-state index in [1.807, 2.05) is 4.90 Å². The van der Waals surface area contributed by atoms with Crippen LogP contribution in [-0.2, 0) is 4.79 Å². The molecular weight excluding hydrogens is 234 g/mol. The third-order valence-electron chi connectivity index (χ3n) is 6.22. The smallest absolute Gasteiger partial charge is 0.231 e. The van der Waals surface area contributed by atoms with Gasteiger partial charge in [0, 0.05) is 17.7 Å². The molecule has 1 amide bonds. The zero-order chi connectivity index (χ0) is 13.3. The van der Waals surface area contributed by atoms with Crippen LogP contribution in [0.5, 0.6) is 0 Å². The third-order valence-corrected chi connectivity index (χ3v) is 6.22. The first-order valence-electron chi connectivity index (χ1n) is 7.78. The van der Waals surface area contributed by atoms with Gasteiger partial charge >= 0.3 is 0 Å². The van der Waals surface area contributed by atoms with Crippen molar-refractivity contribution in [2.45, 2.75) is 39.2 Å². The molecule has 0 N–H and O–H groups in total. The second kappa shape index (κ2) is 3.74. The predicted octanol–water partition coefficient (Wildman–Crippen LogP) is 3.22. The number of carbonyl (C=O) groups is 1. The molecule has 4 rings (SSSR count). The largest absolute Gasteiger partial charge is 0.314 e. The average Bonchev–Trinajstić information content (AvgIpc) is 3.00. The lowest BCUT2D eigenvalue weighted by Gasteiger charge is -2.38. The summed E-state index contributed by atoms with van der Waals surface area (Å²) in [4.78, 5) is 14.7. The molecule has 0 aromatic carbocycles. The van der Waals surface area contributed by atoms with Crippen molar-refractivity contribution in [1.29, 1.82) is 0 Å². The Morgan fingerprint density at radius 3 is 2.26 bits per heavy atom. The van der Waals surface area contributed by atoms with Crippen molar-refractivity contribution in [3.8, 4) is 0 Å². The van der Waals surface area contributed by atoms with Gasteiger partial charge in [0.1, 0.15) is 0 Å². The fourth-order valence-electron chi connectivity index (χ4n) is 5.70. The van der Waals surface area contributed by atoms with Crippen LogP contribution in [0, 0.1) is 35.5 Å². The van der Waals surface area contributed by atoms with Crippen LogP contribution in [0.3, 0.4) is 0 Å². The molecule has 19 heavy (non-hydrogen) atoms. The molecule has 6 atom stereocenters. The first-order valence-corrected chi connectivity index (χ1v) is 7.78. The number of rotatable bonds is 1. The quantitative estimate of drug-likeness (QED) is 0.661. The highest BCUT2D eigenvalue weighted by atomic mass is 16.2. The Labute approximate surface area is 115 Å². The van der Waals surface area contributed by atoms with Gasteiger partial charge in [-0.1, -0.05) is 18.7 Å². The number of hydrogen-bond acceptors (Lipinski definition) is 1. The molecule has 2 saturated carbocycles. The van der Waals surface area contributed by atoms with E-state index < -0.39 is 0 Å². The molecule has 0 aromatic heterocycles. The zero-order valence-electron chi connectivity index (χ0n) is 11.9. The normalized spacial score (nSPS) is 47.2. The summed E-state index contributed by atoms with van der Waals surface area (Å²) in [6, 6.07) is 0.269. The first-order chi connectivity index (χ1) is 9.11. The second-order valence-corrected chi connectivity index (χ2v) is 7.18. The molecule has 2 bridgehead atoms. The van der Waals surface area contributed by atoms with Crippen LogP contribution in [0.2, 0.25) is 0 Å². The molecule has 6 unspecified atom stereocenters. The molecule has 2 heteroatoms. The van der Waals surface area contributed by atoms with Gasteiger partial charge in [0.2, 0.25) is 5.91 Å². The van der Waals surface area contributed by atoms with Crippen LogP contribution < -0.4 is 0 Å². The summed E-state index contributed by atoms with van der Waals surface area (Å²) < 4.78 is 0. The molecule has 1 aliphatic heterocycles. The minimum atomic E-state index is 0.269. The van der Waals surface area contributed by atoms with E-state index in [1.54, 1.807) is 0 Å². The predicted molar refractivity (Wildman–Crippen MR) is 75.1 cm³/mol. The Morgan fingerprint density at radius 1 is 1.11 bits per heavy atom. The number of allylic oxidation sites excluding steroid dienone is 3. The number of nitrogens with zero attached hydrogens (tertiary/aromatic N) is 1. The molecule has 2 nitrogen and oxygen atoms in total. The molecule has 1 saturated heterocycles. The monoisotopic (exact) mass is 257 g/mol. The van der Waals surface area contributed by atoms with Crippen LogP contribution >= 0.6 is 0 Å². The maximum Gasteiger partial charge on any atom is 0.231 e. The highest BCUT2D eigenvalue weighted by Crippen LogP contribution is 2.65. The molecular formula is C17H23NO. The van der Waals surface area contributed by atoms with E-state index in [9.17, 15) is 4.79 Å². The first kappa shape index (κ1) is 11.7. The van der Waals surface area contributed by atoms with Gasteiger partial charge in [0.05, 0.1) is 5.92 Å². The summed E-state index contributed by atoms with van der Waals surface area (Å²) in [5.74, 6) is 4.09. The van der Waals surface area contributed by atoms with Crippen molar-refractivity contribution in [3.63, 3.8) is 0 Å². The summed E-state index contributed by atoms with van der Waals surface area (Å²) in [5.41, 5.74) is 1.13. The van der Waals surface area contributed by atoms with Gasteiger partial charge in [-0.05, 0) is 56.8 Å². The van der Waals surface area contributed by atoms with Gasteiger partial charge in [0.25, 0.3) is 0 Å². The van der Waals surface area contributed by atoms with Gasteiger partial charge in [-0.25, -0.2) is 0 Å². The number of likely N-dealkylation sites (tertiary alicyclic amines) is 1. The van der Waals surface area contributed by atoms with Crippen molar-refractivity contribution in [3.05, 3.63) is 24.4 Å². The lowest BCUT2D eigenvalue weighted by Crippen LogP contribution is -2.37. The van der Waals surface area contributed by atoms with E-state index in [0.717, 1.165) is 23.5 Å². The summed E-state index contributed by atoms with van der Waals surface area (Å²) in [5, 5.41) is 0. The third kappa shape index (κ3) is 1.30.